The monoisotopic (exact) mass is 255 g/mol. The van der Waals surface area contributed by atoms with E-state index in [1.165, 1.54) is 10.5 Å². The van der Waals surface area contributed by atoms with E-state index in [1.54, 1.807) is 29.2 Å². The highest BCUT2D eigenvalue weighted by atomic mass is 16.1. The molecule has 0 bridgehead atoms. The molecule has 6 heteroatoms. The number of nitrogens with one attached hydrogen (secondary N) is 1. The normalized spacial score (nSPS) is 10.8. The molecular weight excluding hydrogens is 242 g/mol. The minimum Gasteiger partial charge on any atom is -0.366 e. The van der Waals surface area contributed by atoms with E-state index < -0.39 is 0 Å². The van der Waals surface area contributed by atoms with Gasteiger partial charge in [-0.3, -0.25) is 13.9 Å². The van der Waals surface area contributed by atoms with E-state index in [9.17, 15) is 4.79 Å². The molecule has 3 heterocycles. The van der Waals surface area contributed by atoms with Gasteiger partial charge in [-0.05, 0) is 12.1 Å². The van der Waals surface area contributed by atoms with Crippen LogP contribution < -0.4 is 10.9 Å². The number of nitrogens with zero attached hydrogens (tertiary/aromatic N) is 4. The Hall–Kier alpha value is -2.63. The largest absolute Gasteiger partial charge is 0.366 e. The Balaban J connectivity index is 1.87. The zero-order valence-electron chi connectivity index (χ0n) is 10.4. The first-order valence-electron chi connectivity index (χ1n) is 5.92. The number of rotatable bonds is 3. The summed E-state index contributed by atoms with van der Waals surface area (Å²) in [4.78, 5) is 16.3. The van der Waals surface area contributed by atoms with Gasteiger partial charge in [-0.1, -0.05) is 6.07 Å². The van der Waals surface area contributed by atoms with E-state index in [-0.39, 0.29) is 5.56 Å². The molecule has 0 aliphatic heterocycles. The Morgan fingerprint density at radius 1 is 1.37 bits per heavy atom. The van der Waals surface area contributed by atoms with Gasteiger partial charge < -0.3 is 5.32 Å². The summed E-state index contributed by atoms with van der Waals surface area (Å²) < 4.78 is 3.25. The van der Waals surface area contributed by atoms with Crippen LogP contribution in [0.2, 0.25) is 0 Å². The van der Waals surface area contributed by atoms with Crippen molar-refractivity contribution in [2.45, 2.75) is 6.54 Å². The summed E-state index contributed by atoms with van der Waals surface area (Å²) in [6.07, 6.45) is 5.40. The average molecular weight is 255 g/mol. The van der Waals surface area contributed by atoms with Crippen LogP contribution in [-0.4, -0.2) is 19.2 Å². The maximum atomic E-state index is 11.9. The van der Waals surface area contributed by atoms with Crippen molar-refractivity contribution in [2.75, 3.05) is 5.32 Å². The van der Waals surface area contributed by atoms with E-state index in [2.05, 4.69) is 15.4 Å². The molecule has 0 aromatic carbocycles. The number of hydrogen-bond donors (Lipinski definition) is 1. The molecule has 0 spiro atoms. The van der Waals surface area contributed by atoms with E-state index >= 15 is 0 Å². The minimum absolute atomic E-state index is 0.0979. The standard InChI is InChI=1S/C13H13N5O/c1-17-9-10(8-15-17)7-14-11-6-13(19)18-5-3-2-4-12(18)16-11/h2-6,8-9,14H,7H2,1H3. The molecule has 0 unspecified atom stereocenters. The predicted octanol–water partition coefficient (Wildman–Crippen LogP) is 1.04. The summed E-state index contributed by atoms with van der Waals surface area (Å²) in [7, 11) is 1.87. The Bertz CT molecular complexity index is 774. The number of fused-ring (bicyclic) bond motifs is 1. The van der Waals surface area contributed by atoms with Crippen molar-refractivity contribution in [2.24, 2.45) is 7.05 Å². The lowest BCUT2D eigenvalue weighted by Gasteiger charge is -2.05. The Kier molecular flexibility index (Phi) is 2.75. The van der Waals surface area contributed by atoms with Gasteiger partial charge in [-0.25, -0.2) is 4.98 Å². The van der Waals surface area contributed by atoms with Gasteiger partial charge in [0, 0.05) is 37.6 Å². The van der Waals surface area contributed by atoms with Crippen molar-refractivity contribution in [1.29, 1.82) is 0 Å². The summed E-state index contributed by atoms with van der Waals surface area (Å²) in [5.74, 6) is 0.569. The molecule has 0 saturated carbocycles. The molecule has 0 radical (unpaired) electrons. The molecule has 6 nitrogen and oxygen atoms in total. The topological polar surface area (TPSA) is 64.2 Å². The summed E-state index contributed by atoms with van der Waals surface area (Å²) in [5, 5.41) is 7.22. The molecular formula is C13H13N5O. The first-order chi connectivity index (χ1) is 9.22. The zero-order valence-corrected chi connectivity index (χ0v) is 10.4. The van der Waals surface area contributed by atoms with Crippen molar-refractivity contribution in [3.63, 3.8) is 0 Å². The average Bonchev–Trinajstić information content (AvgIpc) is 2.82. The van der Waals surface area contributed by atoms with Crippen LogP contribution in [0.3, 0.4) is 0 Å². The number of aromatic nitrogens is 4. The van der Waals surface area contributed by atoms with Gasteiger partial charge in [0.15, 0.2) is 0 Å². The summed E-state index contributed by atoms with van der Waals surface area (Å²) >= 11 is 0. The SMILES string of the molecule is Cn1cc(CNc2cc(=O)n3ccccc3n2)cn1. The second-order valence-electron chi connectivity index (χ2n) is 4.28. The summed E-state index contributed by atoms with van der Waals surface area (Å²) in [5.41, 5.74) is 1.57. The third-order valence-corrected chi connectivity index (χ3v) is 2.80. The van der Waals surface area contributed by atoms with Crippen LogP contribution in [0.4, 0.5) is 5.82 Å². The molecule has 3 aromatic rings. The Labute approximate surface area is 109 Å². The van der Waals surface area contributed by atoms with Gasteiger partial charge in [-0.2, -0.15) is 5.10 Å². The highest BCUT2D eigenvalue weighted by molar-refractivity contribution is 5.46. The molecule has 19 heavy (non-hydrogen) atoms. The maximum absolute atomic E-state index is 11.9. The second kappa shape index (κ2) is 4.56. The van der Waals surface area contributed by atoms with Crippen LogP contribution in [0, 0.1) is 0 Å². The fourth-order valence-electron chi connectivity index (χ4n) is 1.90. The fourth-order valence-corrected chi connectivity index (χ4v) is 1.90. The molecule has 0 fully saturated rings. The fraction of sp³-hybridized carbons (Fsp3) is 0.154. The van der Waals surface area contributed by atoms with Crippen LogP contribution in [-0.2, 0) is 13.6 Å². The smallest absolute Gasteiger partial charge is 0.259 e. The predicted molar refractivity (Wildman–Crippen MR) is 72.0 cm³/mol. The molecule has 0 aliphatic carbocycles. The van der Waals surface area contributed by atoms with Crippen molar-refractivity contribution in [3.8, 4) is 0 Å². The molecule has 3 aromatic heterocycles. The van der Waals surface area contributed by atoms with E-state index in [1.807, 2.05) is 19.3 Å². The summed E-state index contributed by atoms with van der Waals surface area (Å²) in [6, 6.07) is 6.95. The maximum Gasteiger partial charge on any atom is 0.259 e. The van der Waals surface area contributed by atoms with Crippen LogP contribution >= 0.6 is 0 Å². The van der Waals surface area contributed by atoms with Gasteiger partial charge in [0.1, 0.15) is 11.5 Å². The number of hydrogen-bond acceptors (Lipinski definition) is 4. The van der Waals surface area contributed by atoms with Crippen molar-refractivity contribution in [3.05, 3.63) is 58.8 Å². The van der Waals surface area contributed by atoms with Crippen molar-refractivity contribution < 1.29 is 0 Å². The van der Waals surface area contributed by atoms with Gasteiger partial charge in [0.25, 0.3) is 5.56 Å². The third kappa shape index (κ3) is 2.33. The number of anilines is 1. The molecule has 1 N–H and O–H groups in total. The van der Waals surface area contributed by atoms with Crippen molar-refractivity contribution >= 4 is 11.5 Å². The van der Waals surface area contributed by atoms with Crippen LogP contribution in [0.25, 0.3) is 5.65 Å². The van der Waals surface area contributed by atoms with Crippen LogP contribution in [0.5, 0.6) is 0 Å². The van der Waals surface area contributed by atoms with Crippen molar-refractivity contribution in [1.82, 2.24) is 19.2 Å². The highest BCUT2D eigenvalue weighted by Crippen LogP contribution is 2.05. The van der Waals surface area contributed by atoms with Crippen LogP contribution in [0.15, 0.2) is 47.7 Å². The first-order valence-corrected chi connectivity index (χ1v) is 5.92. The Morgan fingerprint density at radius 3 is 3.05 bits per heavy atom. The molecule has 0 aliphatic rings. The zero-order chi connectivity index (χ0) is 13.2. The highest BCUT2D eigenvalue weighted by Gasteiger charge is 2.02. The van der Waals surface area contributed by atoms with Crippen LogP contribution in [0.1, 0.15) is 5.56 Å². The van der Waals surface area contributed by atoms with Gasteiger partial charge >= 0.3 is 0 Å². The second-order valence-corrected chi connectivity index (χ2v) is 4.28. The molecule has 96 valence electrons. The van der Waals surface area contributed by atoms with E-state index in [4.69, 9.17) is 0 Å². The minimum atomic E-state index is -0.0979. The third-order valence-electron chi connectivity index (χ3n) is 2.80. The lowest BCUT2D eigenvalue weighted by atomic mass is 10.3. The number of pyridine rings is 1. The summed E-state index contributed by atoms with van der Waals surface area (Å²) in [6.45, 7) is 0.587. The lowest BCUT2D eigenvalue weighted by Crippen LogP contribution is -2.15. The Morgan fingerprint density at radius 2 is 2.26 bits per heavy atom. The quantitative estimate of drug-likeness (QED) is 0.759. The van der Waals surface area contributed by atoms with E-state index in [0.29, 0.717) is 18.0 Å². The van der Waals surface area contributed by atoms with E-state index in [0.717, 1.165) is 5.56 Å². The van der Waals surface area contributed by atoms with Gasteiger partial charge in [0.2, 0.25) is 0 Å². The molecule has 0 amide bonds. The van der Waals surface area contributed by atoms with Gasteiger partial charge in [0.05, 0.1) is 6.20 Å². The lowest BCUT2D eigenvalue weighted by molar-refractivity contribution is 0.767. The molecule has 0 atom stereocenters. The number of aryl methyl sites for hydroxylation is 1. The van der Waals surface area contributed by atoms with Gasteiger partial charge in [-0.15, -0.1) is 0 Å². The molecule has 0 saturated heterocycles. The first kappa shape index (κ1) is 11.5. The molecule has 3 rings (SSSR count).